The molecule has 3 aliphatic rings. The van der Waals surface area contributed by atoms with E-state index in [-0.39, 0.29) is 18.3 Å². The van der Waals surface area contributed by atoms with E-state index >= 15 is 0 Å². The number of aromatic nitrogens is 2. The number of rotatable bonds is 1. The maximum atomic E-state index is 5.87. The minimum Gasteiger partial charge on any atom is -0.399 e. The Morgan fingerprint density at radius 3 is 2.14 bits per heavy atom. The number of nitrogens with zero attached hydrogens (tertiary/aromatic N) is 2. The predicted octanol–water partition coefficient (Wildman–Crippen LogP) is 0.485. The molecule has 0 aromatic carbocycles. The van der Waals surface area contributed by atoms with Crippen LogP contribution < -0.4 is 5.46 Å². The summed E-state index contributed by atoms with van der Waals surface area (Å²) < 4.78 is 13.6. The van der Waals surface area contributed by atoms with Crippen LogP contribution in [-0.2, 0) is 9.31 Å². The maximum absolute atomic E-state index is 5.87. The summed E-state index contributed by atoms with van der Waals surface area (Å²) in [5.41, 5.74) is 0.562. The quantitative estimate of drug-likeness (QED) is 0.616. The summed E-state index contributed by atoms with van der Waals surface area (Å²) in [4.78, 5) is 0. The van der Waals surface area contributed by atoms with Gasteiger partial charge in [-0.15, -0.1) is 5.10 Å². The van der Waals surface area contributed by atoms with Gasteiger partial charge in [0.25, 0.3) is 0 Å². The van der Waals surface area contributed by atoms with Crippen LogP contribution in [0.4, 0.5) is 0 Å². The molecular weight excluding hydrogens is 179 g/mol. The van der Waals surface area contributed by atoms with E-state index in [1.54, 1.807) is 0 Å². The summed E-state index contributed by atoms with van der Waals surface area (Å²) in [5.74, 6) is 1.02. The van der Waals surface area contributed by atoms with Gasteiger partial charge in [0.1, 0.15) is 0 Å². The Balaban J connectivity index is 1.88. The molecule has 0 radical (unpaired) electrons. The van der Waals surface area contributed by atoms with Crippen molar-refractivity contribution >= 4 is 12.6 Å². The van der Waals surface area contributed by atoms with E-state index in [4.69, 9.17) is 9.31 Å². The van der Waals surface area contributed by atoms with E-state index < -0.39 is 0 Å². The molecule has 4 nitrogen and oxygen atoms in total. The van der Waals surface area contributed by atoms with Gasteiger partial charge in [-0.05, 0) is 27.7 Å². The molecule has 1 fully saturated rings. The third kappa shape index (κ3) is 0.888. The van der Waals surface area contributed by atoms with Crippen LogP contribution in [0.5, 0.6) is 0 Å². The molecule has 0 spiro atoms. The highest BCUT2D eigenvalue weighted by Gasteiger charge is 2.54. The molecule has 0 bridgehead atoms. The van der Waals surface area contributed by atoms with Crippen molar-refractivity contribution in [2.24, 2.45) is 0 Å². The summed E-state index contributed by atoms with van der Waals surface area (Å²) in [5, 5.41) is 4.09. The minimum atomic E-state index is -0.256. The normalized spacial score (nSPS) is 25.6. The summed E-state index contributed by atoms with van der Waals surface area (Å²) in [6.45, 7) is 8.22. The summed E-state index contributed by atoms with van der Waals surface area (Å²) in [6.07, 6.45) is 1.96. The second-order valence-corrected chi connectivity index (χ2v) is 4.94. The molecule has 5 heteroatoms. The van der Waals surface area contributed by atoms with Crippen molar-refractivity contribution in [3.63, 3.8) is 0 Å². The molecule has 0 aromatic heterocycles. The molecule has 0 amide bonds. The van der Waals surface area contributed by atoms with Gasteiger partial charge in [-0.1, -0.05) is 0 Å². The molecule has 3 heterocycles. The average molecular weight is 192 g/mol. The Morgan fingerprint density at radius 2 is 1.79 bits per heavy atom. The minimum absolute atomic E-state index is 0.238. The first-order chi connectivity index (χ1) is 6.41. The van der Waals surface area contributed by atoms with Crippen LogP contribution in [0.3, 0.4) is 0 Å². The lowest BCUT2D eigenvalue weighted by atomic mass is 9.79. The fourth-order valence-corrected chi connectivity index (χ4v) is 1.62. The number of fused-ring (bicyclic) bond motifs is 1. The lowest BCUT2D eigenvalue weighted by Gasteiger charge is -2.32. The van der Waals surface area contributed by atoms with Crippen LogP contribution in [0.1, 0.15) is 27.7 Å². The Morgan fingerprint density at radius 1 is 1.21 bits per heavy atom. The van der Waals surface area contributed by atoms with Crippen LogP contribution in [-0.4, -0.2) is 28.1 Å². The highest BCUT2D eigenvalue weighted by Crippen LogP contribution is 2.37. The molecule has 14 heavy (non-hydrogen) atoms. The molecular formula is C9H13BN2O2. The van der Waals surface area contributed by atoms with Gasteiger partial charge in [-0.25, -0.2) is 4.68 Å². The van der Waals surface area contributed by atoms with Crippen molar-refractivity contribution in [1.82, 2.24) is 9.78 Å². The molecule has 3 rings (SSSR count). The monoisotopic (exact) mass is 192 g/mol. The molecule has 0 atom stereocenters. The zero-order valence-electron chi connectivity index (χ0n) is 8.87. The number of hydrogen-bond donors (Lipinski definition) is 0. The van der Waals surface area contributed by atoms with Crippen molar-refractivity contribution in [1.29, 1.82) is 0 Å². The summed E-state index contributed by atoms with van der Waals surface area (Å²) >= 11 is 0. The average Bonchev–Trinajstić information content (AvgIpc) is 2.51. The SMILES string of the molecule is CC1(C)OB(c2cn3nc2-3)OC1(C)C. The van der Waals surface area contributed by atoms with Gasteiger partial charge in [-0.3, -0.25) is 0 Å². The highest BCUT2D eigenvalue weighted by molar-refractivity contribution is 6.64. The largest absolute Gasteiger partial charge is 0.500 e. The lowest BCUT2D eigenvalue weighted by Crippen LogP contribution is -2.41. The van der Waals surface area contributed by atoms with Gasteiger partial charge in [0.05, 0.1) is 11.2 Å². The fraction of sp³-hybridized carbons (Fsp3) is 0.667. The standard InChI is InChI=1S/C9H13BN2O2/c1-8(2)9(3,4)14-10(13-8)6-5-12-7(6)11-12/h5H,1-4H3. The van der Waals surface area contributed by atoms with E-state index in [0.717, 1.165) is 11.3 Å². The van der Waals surface area contributed by atoms with E-state index in [9.17, 15) is 0 Å². The van der Waals surface area contributed by atoms with Crippen molar-refractivity contribution in [3.8, 4) is 5.82 Å². The summed E-state index contributed by atoms with van der Waals surface area (Å²) in [6, 6.07) is 0. The van der Waals surface area contributed by atoms with Crippen molar-refractivity contribution < 1.29 is 9.31 Å². The van der Waals surface area contributed by atoms with Crippen LogP contribution >= 0.6 is 0 Å². The zero-order chi connectivity index (χ0) is 10.1. The zero-order valence-corrected chi connectivity index (χ0v) is 8.87. The molecule has 0 aromatic rings. The molecule has 74 valence electrons. The van der Waals surface area contributed by atoms with Gasteiger partial charge < -0.3 is 9.31 Å². The first-order valence-corrected chi connectivity index (χ1v) is 4.86. The van der Waals surface area contributed by atoms with Gasteiger partial charge in [0.2, 0.25) is 0 Å². The maximum Gasteiger partial charge on any atom is 0.500 e. The molecule has 0 unspecified atom stereocenters. The first kappa shape index (κ1) is 8.50. The van der Waals surface area contributed by atoms with Crippen LogP contribution in [0.15, 0.2) is 6.20 Å². The smallest absolute Gasteiger partial charge is 0.399 e. The Bertz CT molecular complexity index is 395. The predicted molar refractivity (Wildman–Crippen MR) is 52.8 cm³/mol. The van der Waals surface area contributed by atoms with E-state index in [0.29, 0.717) is 0 Å². The van der Waals surface area contributed by atoms with E-state index in [2.05, 4.69) is 32.8 Å². The van der Waals surface area contributed by atoms with Gasteiger partial charge in [0.15, 0.2) is 5.82 Å². The summed E-state index contributed by atoms with van der Waals surface area (Å²) in [7, 11) is -0.238. The van der Waals surface area contributed by atoms with Gasteiger partial charge in [0, 0.05) is 11.7 Å². The first-order valence-electron chi connectivity index (χ1n) is 4.86. The Kier molecular flexibility index (Phi) is 1.25. The third-order valence-corrected chi connectivity index (χ3v) is 3.41. The van der Waals surface area contributed by atoms with Gasteiger partial charge >= 0.3 is 7.12 Å². The second kappa shape index (κ2) is 2.07. The Hall–Kier alpha value is -0.805. The number of hydrogen-bond acceptors (Lipinski definition) is 3. The topological polar surface area (TPSA) is 36.3 Å². The van der Waals surface area contributed by atoms with E-state index in [1.807, 2.05) is 10.9 Å². The fourth-order valence-electron chi connectivity index (χ4n) is 1.62. The third-order valence-electron chi connectivity index (χ3n) is 3.41. The lowest BCUT2D eigenvalue weighted by molar-refractivity contribution is 0.00578. The van der Waals surface area contributed by atoms with Crippen LogP contribution in [0.2, 0.25) is 0 Å². The molecule has 0 saturated carbocycles. The molecule has 1 saturated heterocycles. The highest BCUT2D eigenvalue weighted by atomic mass is 16.7. The van der Waals surface area contributed by atoms with Crippen molar-refractivity contribution in [2.45, 2.75) is 38.9 Å². The Labute approximate surface area is 83.3 Å². The van der Waals surface area contributed by atoms with E-state index in [1.165, 1.54) is 0 Å². The second-order valence-electron chi connectivity index (χ2n) is 4.94. The molecule has 3 aliphatic heterocycles. The van der Waals surface area contributed by atoms with Crippen molar-refractivity contribution in [3.05, 3.63) is 6.20 Å². The molecule has 0 N–H and O–H groups in total. The van der Waals surface area contributed by atoms with Crippen LogP contribution in [0, 0.1) is 0 Å². The molecule has 0 aliphatic carbocycles. The van der Waals surface area contributed by atoms with Crippen molar-refractivity contribution in [2.75, 3.05) is 0 Å². The van der Waals surface area contributed by atoms with Crippen LogP contribution in [0.25, 0.3) is 5.82 Å². The van der Waals surface area contributed by atoms with Gasteiger partial charge in [-0.2, -0.15) is 0 Å².